The highest BCUT2D eigenvalue weighted by Crippen LogP contribution is 2.28. The quantitative estimate of drug-likeness (QED) is 0.760. The first-order valence-corrected chi connectivity index (χ1v) is 9.31. The van der Waals surface area contributed by atoms with Crippen LogP contribution in [0.3, 0.4) is 0 Å². The molecule has 1 heterocycles. The average Bonchev–Trinajstić information content (AvgIpc) is 2.54. The lowest BCUT2D eigenvalue weighted by Gasteiger charge is -2.35. The van der Waals surface area contributed by atoms with Crippen LogP contribution in [-0.4, -0.2) is 36.5 Å². The summed E-state index contributed by atoms with van der Waals surface area (Å²) in [6.45, 7) is 5.27. The van der Waals surface area contributed by atoms with Crippen LogP contribution in [0.4, 0.5) is 0 Å². The number of nitrogens with zero attached hydrogens (tertiary/aromatic N) is 1. The lowest BCUT2D eigenvalue weighted by atomic mass is 9.86. The van der Waals surface area contributed by atoms with Gasteiger partial charge in [-0.1, -0.05) is 39.0 Å². The summed E-state index contributed by atoms with van der Waals surface area (Å²) >= 11 is 0. The van der Waals surface area contributed by atoms with Crippen molar-refractivity contribution in [2.75, 3.05) is 19.6 Å². The Morgan fingerprint density at radius 2 is 1.77 bits per heavy atom. The molecular formula is C18H35ClN2O. The largest absolute Gasteiger partial charge is 0.340 e. The molecule has 0 aromatic carbocycles. The van der Waals surface area contributed by atoms with Crippen LogP contribution >= 0.6 is 12.4 Å². The van der Waals surface area contributed by atoms with Crippen LogP contribution in [0.25, 0.3) is 0 Å². The van der Waals surface area contributed by atoms with Crippen LogP contribution in [0, 0.1) is 5.92 Å². The molecule has 1 amide bonds. The number of amides is 1. The Labute approximate surface area is 143 Å². The molecule has 1 saturated heterocycles. The lowest BCUT2D eigenvalue weighted by Crippen LogP contribution is -2.46. The molecule has 2 rings (SSSR count). The molecule has 0 aromatic rings. The molecule has 1 aliphatic heterocycles. The minimum atomic E-state index is 0. The monoisotopic (exact) mass is 330 g/mol. The topological polar surface area (TPSA) is 32.3 Å². The first kappa shape index (κ1) is 19.8. The molecule has 130 valence electrons. The molecule has 0 radical (unpaired) electrons. The van der Waals surface area contributed by atoms with E-state index >= 15 is 0 Å². The third-order valence-electron chi connectivity index (χ3n) is 5.26. The second kappa shape index (κ2) is 11.3. The van der Waals surface area contributed by atoms with Crippen molar-refractivity contribution in [1.82, 2.24) is 10.2 Å². The SMILES string of the molecule is CCCN(C(=O)CCCC1CCCCC1)C1CCNCC1.Cl. The smallest absolute Gasteiger partial charge is 0.222 e. The summed E-state index contributed by atoms with van der Waals surface area (Å²) in [5.74, 6) is 1.32. The molecule has 3 nitrogen and oxygen atoms in total. The molecular weight excluding hydrogens is 296 g/mol. The van der Waals surface area contributed by atoms with Gasteiger partial charge in [-0.3, -0.25) is 4.79 Å². The Hall–Kier alpha value is -0.280. The summed E-state index contributed by atoms with van der Waals surface area (Å²) in [5, 5.41) is 3.40. The summed E-state index contributed by atoms with van der Waals surface area (Å²) in [6.07, 6.45) is 13.6. The predicted octanol–water partition coefficient (Wildman–Crippen LogP) is 4.15. The van der Waals surface area contributed by atoms with Gasteiger partial charge in [0, 0.05) is 19.0 Å². The number of nitrogens with one attached hydrogen (secondary N) is 1. The zero-order valence-corrected chi connectivity index (χ0v) is 15.1. The summed E-state index contributed by atoms with van der Waals surface area (Å²) in [5.41, 5.74) is 0. The molecule has 22 heavy (non-hydrogen) atoms. The van der Waals surface area contributed by atoms with Gasteiger partial charge in [-0.05, 0) is 51.1 Å². The van der Waals surface area contributed by atoms with E-state index in [0.717, 1.165) is 57.7 Å². The molecule has 0 atom stereocenters. The Bertz CT molecular complexity index is 299. The van der Waals surface area contributed by atoms with E-state index in [1.165, 1.54) is 38.5 Å². The molecule has 2 fully saturated rings. The van der Waals surface area contributed by atoms with Crippen LogP contribution in [0.1, 0.15) is 77.6 Å². The van der Waals surface area contributed by atoms with Crippen molar-refractivity contribution in [3.8, 4) is 0 Å². The average molecular weight is 331 g/mol. The standard InChI is InChI=1S/C18H34N2O.ClH/c1-2-15-20(17-11-13-19-14-12-17)18(21)10-6-9-16-7-4-3-5-8-16;/h16-17,19H,2-15H2,1H3;1H. The van der Waals surface area contributed by atoms with E-state index in [0.29, 0.717) is 11.9 Å². The van der Waals surface area contributed by atoms with Crippen molar-refractivity contribution >= 4 is 18.3 Å². The number of hydrogen-bond donors (Lipinski definition) is 1. The summed E-state index contributed by atoms with van der Waals surface area (Å²) in [7, 11) is 0. The second-order valence-corrected chi connectivity index (χ2v) is 6.96. The maximum Gasteiger partial charge on any atom is 0.222 e. The van der Waals surface area contributed by atoms with Crippen molar-refractivity contribution in [2.45, 2.75) is 83.6 Å². The highest BCUT2D eigenvalue weighted by atomic mass is 35.5. The number of carbonyl (C=O) groups excluding carboxylic acids is 1. The Balaban J connectivity index is 0.00000242. The molecule has 0 aromatic heterocycles. The van der Waals surface area contributed by atoms with E-state index in [9.17, 15) is 4.79 Å². The number of hydrogen-bond acceptors (Lipinski definition) is 2. The fraction of sp³-hybridized carbons (Fsp3) is 0.944. The number of carbonyl (C=O) groups is 1. The lowest BCUT2D eigenvalue weighted by molar-refractivity contribution is -0.134. The normalized spacial score (nSPS) is 20.4. The Morgan fingerprint density at radius 3 is 2.41 bits per heavy atom. The molecule has 0 spiro atoms. The van der Waals surface area contributed by atoms with Crippen molar-refractivity contribution in [2.24, 2.45) is 5.92 Å². The third-order valence-corrected chi connectivity index (χ3v) is 5.26. The van der Waals surface area contributed by atoms with Gasteiger partial charge >= 0.3 is 0 Å². The van der Waals surface area contributed by atoms with E-state index in [1.54, 1.807) is 0 Å². The Kier molecular flexibility index (Phi) is 10.1. The van der Waals surface area contributed by atoms with Crippen molar-refractivity contribution in [1.29, 1.82) is 0 Å². The van der Waals surface area contributed by atoms with Gasteiger partial charge in [0.25, 0.3) is 0 Å². The first-order chi connectivity index (χ1) is 10.3. The van der Waals surface area contributed by atoms with Crippen molar-refractivity contribution < 1.29 is 4.79 Å². The van der Waals surface area contributed by atoms with Gasteiger partial charge in [0.1, 0.15) is 0 Å². The van der Waals surface area contributed by atoms with E-state index in [2.05, 4.69) is 17.1 Å². The maximum absolute atomic E-state index is 12.6. The van der Waals surface area contributed by atoms with Crippen LogP contribution in [0.5, 0.6) is 0 Å². The third kappa shape index (κ3) is 6.45. The van der Waals surface area contributed by atoms with Gasteiger partial charge < -0.3 is 10.2 Å². The minimum Gasteiger partial charge on any atom is -0.340 e. The number of halogens is 1. The van der Waals surface area contributed by atoms with Gasteiger partial charge in [-0.2, -0.15) is 0 Å². The number of piperidine rings is 1. The van der Waals surface area contributed by atoms with Gasteiger partial charge in [-0.25, -0.2) is 0 Å². The predicted molar refractivity (Wildman–Crippen MR) is 95.6 cm³/mol. The van der Waals surface area contributed by atoms with Crippen LogP contribution in [-0.2, 0) is 4.79 Å². The highest BCUT2D eigenvalue weighted by Gasteiger charge is 2.24. The van der Waals surface area contributed by atoms with Gasteiger partial charge in [0.2, 0.25) is 5.91 Å². The fourth-order valence-corrected chi connectivity index (χ4v) is 4.03. The van der Waals surface area contributed by atoms with E-state index in [4.69, 9.17) is 0 Å². The molecule has 2 aliphatic rings. The first-order valence-electron chi connectivity index (χ1n) is 9.31. The van der Waals surface area contributed by atoms with Crippen LogP contribution in [0.15, 0.2) is 0 Å². The summed E-state index contributed by atoms with van der Waals surface area (Å²) in [6, 6.07) is 0.494. The van der Waals surface area contributed by atoms with Crippen molar-refractivity contribution in [3.05, 3.63) is 0 Å². The zero-order chi connectivity index (χ0) is 14.9. The highest BCUT2D eigenvalue weighted by molar-refractivity contribution is 5.85. The maximum atomic E-state index is 12.6. The molecule has 0 bridgehead atoms. The van der Waals surface area contributed by atoms with E-state index < -0.39 is 0 Å². The molecule has 1 N–H and O–H groups in total. The molecule has 0 unspecified atom stereocenters. The Morgan fingerprint density at radius 1 is 1.09 bits per heavy atom. The van der Waals surface area contributed by atoms with Crippen LogP contribution < -0.4 is 5.32 Å². The van der Waals surface area contributed by atoms with Gasteiger partial charge in [0.05, 0.1) is 0 Å². The zero-order valence-electron chi connectivity index (χ0n) is 14.3. The summed E-state index contributed by atoms with van der Waals surface area (Å²) in [4.78, 5) is 14.8. The summed E-state index contributed by atoms with van der Waals surface area (Å²) < 4.78 is 0. The van der Waals surface area contributed by atoms with E-state index in [-0.39, 0.29) is 12.4 Å². The second-order valence-electron chi connectivity index (χ2n) is 6.96. The fourth-order valence-electron chi connectivity index (χ4n) is 4.03. The van der Waals surface area contributed by atoms with Gasteiger partial charge in [0.15, 0.2) is 0 Å². The van der Waals surface area contributed by atoms with Crippen molar-refractivity contribution in [3.63, 3.8) is 0 Å². The molecule has 1 saturated carbocycles. The van der Waals surface area contributed by atoms with E-state index in [1.807, 2.05) is 0 Å². The van der Waals surface area contributed by atoms with Gasteiger partial charge in [-0.15, -0.1) is 12.4 Å². The molecule has 4 heteroatoms. The number of rotatable bonds is 7. The minimum absolute atomic E-state index is 0. The molecule has 1 aliphatic carbocycles. The van der Waals surface area contributed by atoms with Crippen LogP contribution in [0.2, 0.25) is 0 Å².